The molecular weight excluding hydrogens is 284 g/mol. The number of rotatable bonds is 4. The van der Waals surface area contributed by atoms with E-state index in [2.05, 4.69) is 4.72 Å². The summed E-state index contributed by atoms with van der Waals surface area (Å²) in [6.45, 7) is 0. The molecule has 2 aromatic rings. The highest BCUT2D eigenvalue weighted by Crippen LogP contribution is 2.27. The second-order valence-electron chi connectivity index (χ2n) is 4.16. The number of nitrogens with zero attached hydrogens (tertiary/aromatic N) is 1. The number of carbonyl (C=O) groups is 1. The monoisotopic (exact) mass is 296 g/mol. The van der Waals surface area contributed by atoms with Crippen LogP contribution in [-0.2, 0) is 17.1 Å². The summed E-state index contributed by atoms with van der Waals surface area (Å²) in [6.07, 6.45) is 2.98. The molecule has 106 valence electrons. The van der Waals surface area contributed by atoms with Gasteiger partial charge in [0.1, 0.15) is 10.6 Å². The molecule has 7 nitrogen and oxygen atoms in total. The van der Waals surface area contributed by atoms with Gasteiger partial charge in [-0.25, -0.2) is 13.2 Å². The van der Waals surface area contributed by atoms with E-state index in [1.807, 2.05) is 0 Å². The Morgan fingerprint density at radius 2 is 2.00 bits per heavy atom. The lowest BCUT2D eigenvalue weighted by Gasteiger charge is -2.08. The van der Waals surface area contributed by atoms with Crippen LogP contribution >= 0.6 is 0 Å². The second-order valence-corrected chi connectivity index (χ2v) is 5.84. The van der Waals surface area contributed by atoms with Gasteiger partial charge in [0.05, 0.1) is 11.3 Å². The Balaban J connectivity index is 2.32. The molecule has 0 aliphatic heterocycles. The van der Waals surface area contributed by atoms with Crippen molar-refractivity contribution in [2.75, 3.05) is 4.72 Å². The number of hydrogen-bond donors (Lipinski definition) is 3. The molecule has 0 spiro atoms. The van der Waals surface area contributed by atoms with Crippen molar-refractivity contribution in [3.8, 4) is 5.75 Å². The van der Waals surface area contributed by atoms with Gasteiger partial charge < -0.3 is 14.8 Å². The van der Waals surface area contributed by atoms with Crippen LogP contribution in [-0.4, -0.2) is 29.2 Å². The van der Waals surface area contributed by atoms with Gasteiger partial charge in [0.2, 0.25) is 0 Å². The molecule has 0 bridgehead atoms. The number of nitrogens with one attached hydrogen (secondary N) is 1. The minimum atomic E-state index is -3.83. The van der Waals surface area contributed by atoms with E-state index in [1.54, 1.807) is 17.8 Å². The van der Waals surface area contributed by atoms with Crippen LogP contribution < -0.4 is 4.72 Å². The van der Waals surface area contributed by atoms with Gasteiger partial charge in [-0.2, -0.15) is 0 Å². The molecule has 1 aromatic carbocycles. The average Bonchev–Trinajstić information content (AvgIpc) is 2.79. The highest BCUT2D eigenvalue weighted by atomic mass is 32.2. The van der Waals surface area contributed by atoms with Crippen LogP contribution in [0.5, 0.6) is 5.75 Å². The minimum absolute atomic E-state index is 0.0433. The normalized spacial score (nSPS) is 11.2. The van der Waals surface area contributed by atoms with Gasteiger partial charge in [0.25, 0.3) is 10.0 Å². The first kappa shape index (κ1) is 13.9. The number of anilines is 1. The van der Waals surface area contributed by atoms with Crippen LogP contribution in [0.15, 0.2) is 41.6 Å². The third-order valence-corrected chi connectivity index (χ3v) is 3.95. The van der Waals surface area contributed by atoms with Crippen LogP contribution in [0, 0.1) is 0 Å². The summed E-state index contributed by atoms with van der Waals surface area (Å²) in [5.41, 5.74) is -0.219. The van der Waals surface area contributed by atoms with Gasteiger partial charge in [-0.3, -0.25) is 4.72 Å². The maximum absolute atomic E-state index is 12.0. The van der Waals surface area contributed by atoms with Gasteiger partial charge >= 0.3 is 5.97 Å². The fourth-order valence-corrected chi connectivity index (χ4v) is 2.72. The van der Waals surface area contributed by atoms with Crippen molar-refractivity contribution < 1.29 is 23.4 Å². The quantitative estimate of drug-likeness (QED) is 0.735. The van der Waals surface area contributed by atoms with Crippen molar-refractivity contribution in [2.24, 2.45) is 7.05 Å². The van der Waals surface area contributed by atoms with E-state index >= 15 is 0 Å². The fourth-order valence-electron chi connectivity index (χ4n) is 1.59. The summed E-state index contributed by atoms with van der Waals surface area (Å²) in [7, 11) is -2.15. The molecule has 8 heteroatoms. The third-order valence-electron chi connectivity index (χ3n) is 2.60. The largest absolute Gasteiger partial charge is 0.506 e. The van der Waals surface area contributed by atoms with Crippen molar-refractivity contribution in [3.05, 3.63) is 42.2 Å². The first-order chi connectivity index (χ1) is 9.29. The Bertz CT molecular complexity index is 764. The molecule has 0 saturated carbocycles. The van der Waals surface area contributed by atoms with Crippen molar-refractivity contribution in [1.29, 1.82) is 0 Å². The highest BCUT2D eigenvalue weighted by Gasteiger charge is 2.17. The molecule has 1 aromatic heterocycles. The van der Waals surface area contributed by atoms with Crippen molar-refractivity contribution >= 4 is 21.7 Å². The summed E-state index contributed by atoms with van der Waals surface area (Å²) >= 11 is 0. The zero-order chi connectivity index (χ0) is 14.9. The zero-order valence-corrected chi connectivity index (χ0v) is 11.3. The minimum Gasteiger partial charge on any atom is -0.506 e. The van der Waals surface area contributed by atoms with E-state index in [0.29, 0.717) is 0 Å². The number of sulfonamides is 1. The Kier molecular flexibility index (Phi) is 3.41. The number of phenolic OH excluding ortho intramolecular Hbond substituents is 1. The predicted molar refractivity (Wildman–Crippen MR) is 71.3 cm³/mol. The Labute approximate surface area is 115 Å². The number of phenols is 1. The number of carboxylic acids is 1. The Morgan fingerprint density at radius 3 is 2.50 bits per heavy atom. The Morgan fingerprint density at radius 1 is 1.30 bits per heavy atom. The number of aromatic hydroxyl groups is 1. The summed E-state index contributed by atoms with van der Waals surface area (Å²) in [5.74, 6) is -1.66. The molecule has 0 radical (unpaired) electrons. The van der Waals surface area contributed by atoms with Crippen LogP contribution in [0.4, 0.5) is 5.69 Å². The highest BCUT2D eigenvalue weighted by molar-refractivity contribution is 7.92. The van der Waals surface area contributed by atoms with E-state index in [1.165, 1.54) is 24.4 Å². The lowest BCUT2D eigenvalue weighted by atomic mass is 10.2. The number of aromatic nitrogens is 1. The van der Waals surface area contributed by atoms with E-state index in [0.717, 1.165) is 6.07 Å². The summed E-state index contributed by atoms with van der Waals surface area (Å²) in [4.78, 5) is 10.8. The number of carboxylic acid groups (broad SMARTS) is 1. The molecule has 2 rings (SSSR count). The van der Waals surface area contributed by atoms with Gasteiger partial charge in [0.15, 0.2) is 0 Å². The second kappa shape index (κ2) is 4.89. The molecule has 0 aliphatic rings. The van der Waals surface area contributed by atoms with Gasteiger partial charge in [0, 0.05) is 19.4 Å². The molecule has 20 heavy (non-hydrogen) atoms. The molecule has 1 heterocycles. The van der Waals surface area contributed by atoms with Crippen molar-refractivity contribution in [2.45, 2.75) is 4.90 Å². The predicted octanol–water partition coefficient (Wildman–Crippen LogP) is 1.23. The summed E-state index contributed by atoms with van der Waals surface area (Å²) < 4.78 is 27.8. The molecule has 0 unspecified atom stereocenters. The average molecular weight is 296 g/mol. The molecule has 0 amide bonds. The number of aromatic carboxylic acids is 1. The maximum atomic E-state index is 12.0. The molecule has 0 aliphatic carbocycles. The first-order valence-corrected chi connectivity index (χ1v) is 6.99. The first-order valence-electron chi connectivity index (χ1n) is 5.51. The van der Waals surface area contributed by atoms with Crippen molar-refractivity contribution in [3.63, 3.8) is 0 Å². The summed E-state index contributed by atoms with van der Waals surface area (Å²) in [6, 6.07) is 4.78. The van der Waals surface area contributed by atoms with Gasteiger partial charge in [-0.1, -0.05) is 0 Å². The van der Waals surface area contributed by atoms with E-state index in [-0.39, 0.29) is 16.1 Å². The van der Waals surface area contributed by atoms with Crippen LogP contribution in [0.25, 0.3) is 0 Å². The molecule has 0 saturated heterocycles. The Hall–Kier alpha value is -2.48. The zero-order valence-electron chi connectivity index (χ0n) is 10.4. The van der Waals surface area contributed by atoms with E-state index < -0.39 is 21.7 Å². The van der Waals surface area contributed by atoms with Gasteiger partial charge in [-0.15, -0.1) is 0 Å². The smallest absolute Gasteiger partial charge is 0.335 e. The molecule has 0 fully saturated rings. The lowest BCUT2D eigenvalue weighted by Crippen LogP contribution is -2.12. The van der Waals surface area contributed by atoms with Crippen molar-refractivity contribution in [1.82, 2.24) is 4.57 Å². The van der Waals surface area contributed by atoms with E-state index in [9.17, 15) is 18.3 Å². The molecule has 0 atom stereocenters. The fraction of sp³-hybridized carbons (Fsp3) is 0.0833. The third kappa shape index (κ3) is 2.75. The SMILES string of the molecule is Cn1ccc(S(=O)(=O)Nc2ccc(C(=O)O)cc2O)c1. The number of hydrogen-bond acceptors (Lipinski definition) is 4. The number of aryl methyl sites for hydroxylation is 1. The number of benzene rings is 1. The van der Waals surface area contributed by atoms with E-state index in [4.69, 9.17) is 5.11 Å². The topological polar surface area (TPSA) is 109 Å². The molecule has 3 N–H and O–H groups in total. The van der Waals surface area contributed by atoms with Crippen LogP contribution in [0.1, 0.15) is 10.4 Å². The van der Waals surface area contributed by atoms with Crippen LogP contribution in [0.3, 0.4) is 0 Å². The standard InChI is InChI=1S/C12H12N2O5S/c1-14-5-4-9(7-14)20(18,19)13-10-3-2-8(12(16)17)6-11(10)15/h2-7,13,15H,1H3,(H,16,17). The lowest BCUT2D eigenvalue weighted by molar-refractivity contribution is 0.0696. The maximum Gasteiger partial charge on any atom is 0.335 e. The molecular formula is C12H12N2O5S. The summed E-state index contributed by atoms with van der Waals surface area (Å²) in [5, 5.41) is 18.4. The van der Waals surface area contributed by atoms with Crippen LogP contribution in [0.2, 0.25) is 0 Å². The van der Waals surface area contributed by atoms with Gasteiger partial charge in [-0.05, 0) is 24.3 Å².